The molecule has 0 bridgehead atoms. The van der Waals surface area contributed by atoms with E-state index in [9.17, 15) is 4.39 Å². The van der Waals surface area contributed by atoms with E-state index in [1.807, 2.05) is 0 Å². The minimum absolute atomic E-state index is 0.230. The molecular weight excluding hydrogens is 273 g/mol. The average Bonchev–Trinajstić information content (AvgIpc) is 3.04. The predicted octanol–water partition coefficient (Wildman–Crippen LogP) is 2.32. The van der Waals surface area contributed by atoms with Crippen LogP contribution in [-0.2, 0) is 6.42 Å². The molecule has 2 aromatic heterocycles. The van der Waals surface area contributed by atoms with Crippen molar-refractivity contribution >= 4 is 5.95 Å². The van der Waals surface area contributed by atoms with Gasteiger partial charge in [0.25, 0.3) is 5.89 Å². The highest BCUT2D eigenvalue weighted by molar-refractivity contribution is 5.49. The molecule has 106 valence electrons. The van der Waals surface area contributed by atoms with Gasteiger partial charge >= 0.3 is 0 Å². The molecule has 21 heavy (non-hydrogen) atoms. The van der Waals surface area contributed by atoms with Crippen molar-refractivity contribution in [3.8, 4) is 11.5 Å². The number of aromatic nitrogens is 4. The Labute approximate surface area is 120 Å². The molecule has 2 heterocycles. The van der Waals surface area contributed by atoms with E-state index in [4.69, 9.17) is 4.42 Å². The van der Waals surface area contributed by atoms with Crippen LogP contribution in [0.25, 0.3) is 11.5 Å². The highest BCUT2D eigenvalue weighted by Gasteiger charge is 2.04. The standard InChI is InChI=1S/C14H12FN5O/c15-12-3-1-10(2-4-12)5-6-16-14-17-7-11(8-18-14)13-20-19-9-21-13/h1-4,7-9H,5-6H2,(H,16,17,18). The fourth-order valence-corrected chi connectivity index (χ4v) is 1.80. The number of rotatable bonds is 5. The van der Waals surface area contributed by atoms with Crippen LogP contribution in [0.15, 0.2) is 47.5 Å². The van der Waals surface area contributed by atoms with Crippen molar-refractivity contribution in [3.63, 3.8) is 0 Å². The van der Waals surface area contributed by atoms with Crippen LogP contribution >= 0.6 is 0 Å². The molecule has 0 aliphatic heterocycles. The zero-order valence-corrected chi connectivity index (χ0v) is 11.0. The van der Waals surface area contributed by atoms with E-state index in [2.05, 4.69) is 25.5 Å². The third-order valence-corrected chi connectivity index (χ3v) is 2.87. The zero-order valence-electron chi connectivity index (χ0n) is 11.0. The Kier molecular flexibility index (Phi) is 3.81. The number of hydrogen-bond donors (Lipinski definition) is 1. The summed E-state index contributed by atoms with van der Waals surface area (Å²) in [5, 5.41) is 10.5. The van der Waals surface area contributed by atoms with Crippen molar-refractivity contribution in [2.24, 2.45) is 0 Å². The molecule has 0 fully saturated rings. The van der Waals surface area contributed by atoms with Crippen LogP contribution in [0, 0.1) is 5.82 Å². The van der Waals surface area contributed by atoms with Crippen molar-refractivity contribution in [2.45, 2.75) is 6.42 Å². The van der Waals surface area contributed by atoms with E-state index in [0.29, 0.717) is 23.9 Å². The van der Waals surface area contributed by atoms with Gasteiger partial charge in [0, 0.05) is 18.9 Å². The first kappa shape index (κ1) is 13.2. The maximum absolute atomic E-state index is 12.8. The lowest BCUT2D eigenvalue weighted by atomic mass is 10.1. The van der Waals surface area contributed by atoms with Crippen LogP contribution in [0.2, 0.25) is 0 Å². The molecule has 0 atom stereocenters. The normalized spacial score (nSPS) is 10.5. The number of benzene rings is 1. The summed E-state index contributed by atoms with van der Waals surface area (Å²) < 4.78 is 17.8. The number of nitrogens with one attached hydrogen (secondary N) is 1. The first-order valence-corrected chi connectivity index (χ1v) is 6.38. The van der Waals surface area contributed by atoms with E-state index >= 15 is 0 Å². The van der Waals surface area contributed by atoms with Crippen LogP contribution in [0.5, 0.6) is 0 Å². The van der Waals surface area contributed by atoms with E-state index in [0.717, 1.165) is 12.0 Å². The lowest BCUT2D eigenvalue weighted by Gasteiger charge is -2.05. The van der Waals surface area contributed by atoms with E-state index in [1.165, 1.54) is 18.5 Å². The number of anilines is 1. The van der Waals surface area contributed by atoms with Gasteiger partial charge in [-0.25, -0.2) is 14.4 Å². The fourth-order valence-electron chi connectivity index (χ4n) is 1.80. The Morgan fingerprint density at radius 3 is 2.52 bits per heavy atom. The second kappa shape index (κ2) is 6.08. The maximum atomic E-state index is 12.8. The molecule has 1 aromatic carbocycles. The van der Waals surface area contributed by atoms with Gasteiger partial charge in [-0.05, 0) is 24.1 Å². The molecule has 0 amide bonds. The van der Waals surface area contributed by atoms with Gasteiger partial charge in [-0.1, -0.05) is 12.1 Å². The molecule has 3 aromatic rings. The summed E-state index contributed by atoms with van der Waals surface area (Å²) in [5.74, 6) is 0.667. The van der Waals surface area contributed by atoms with Crippen LogP contribution in [0.3, 0.4) is 0 Å². The van der Waals surface area contributed by atoms with E-state index in [-0.39, 0.29) is 5.82 Å². The summed E-state index contributed by atoms with van der Waals surface area (Å²) in [6.45, 7) is 0.658. The highest BCUT2D eigenvalue weighted by Crippen LogP contribution is 2.14. The second-order valence-electron chi connectivity index (χ2n) is 4.34. The van der Waals surface area contributed by atoms with Crippen LogP contribution in [0.4, 0.5) is 10.3 Å². The van der Waals surface area contributed by atoms with Crippen LogP contribution < -0.4 is 5.32 Å². The Hall–Kier alpha value is -2.83. The van der Waals surface area contributed by atoms with E-state index in [1.54, 1.807) is 24.5 Å². The topological polar surface area (TPSA) is 76.7 Å². The molecular formula is C14H12FN5O. The number of hydrogen-bond acceptors (Lipinski definition) is 6. The van der Waals surface area contributed by atoms with Gasteiger partial charge in [0.05, 0.1) is 5.56 Å². The predicted molar refractivity (Wildman–Crippen MR) is 73.9 cm³/mol. The molecule has 6 nitrogen and oxygen atoms in total. The zero-order chi connectivity index (χ0) is 14.5. The lowest BCUT2D eigenvalue weighted by Crippen LogP contribution is -2.07. The number of halogens is 1. The van der Waals surface area contributed by atoms with Gasteiger partial charge < -0.3 is 9.73 Å². The van der Waals surface area contributed by atoms with Crippen molar-refractivity contribution in [2.75, 3.05) is 11.9 Å². The SMILES string of the molecule is Fc1ccc(CCNc2ncc(-c3nnco3)cn2)cc1. The van der Waals surface area contributed by atoms with Crippen molar-refractivity contribution < 1.29 is 8.81 Å². The van der Waals surface area contributed by atoms with Gasteiger partial charge in [0.2, 0.25) is 12.3 Å². The number of nitrogens with zero attached hydrogens (tertiary/aromatic N) is 4. The molecule has 0 saturated carbocycles. The van der Waals surface area contributed by atoms with Crippen molar-refractivity contribution in [3.05, 3.63) is 54.4 Å². The molecule has 0 saturated heterocycles. The van der Waals surface area contributed by atoms with Gasteiger partial charge in [-0.2, -0.15) is 0 Å². The summed E-state index contributed by atoms with van der Waals surface area (Å²) in [6, 6.07) is 6.42. The molecule has 1 N–H and O–H groups in total. The third-order valence-electron chi connectivity index (χ3n) is 2.87. The lowest BCUT2D eigenvalue weighted by molar-refractivity contribution is 0.568. The summed E-state index contributed by atoms with van der Waals surface area (Å²) in [5.41, 5.74) is 1.71. The summed E-state index contributed by atoms with van der Waals surface area (Å²) in [4.78, 5) is 8.34. The molecule has 0 aliphatic rings. The van der Waals surface area contributed by atoms with Crippen molar-refractivity contribution in [1.82, 2.24) is 20.2 Å². The van der Waals surface area contributed by atoms with E-state index < -0.39 is 0 Å². The molecule has 7 heteroatoms. The quantitative estimate of drug-likeness (QED) is 0.775. The summed E-state index contributed by atoms with van der Waals surface area (Å²) >= 11 is 0. The summed E-state index contributed by atoms with van der Waals surface area (Å²) in [7, 11) is 0. The Morgan fingerprint density at radius 1 is 1.10 bits per heavy atom. The van der Waals surface area contributed by atoms with Crippen LogP contribution in [-0.4, -0.2) is 26.7 Å². The average molecular weight is 285 g/mol. The van der Waals surface area contributed by atoms with Crippen molar-refractivity contribution in [1.29, 1.82) is 0 Å². The van der Waals surface area contributed by atoms with Gasteiger partial charge in [0.15, 0.2) is 0 Å². The molecule has 0 spiro atoms. The largest absolute Gasteiger partial charge is 0.423 e. The first-order chi connectivity index (χ1) is 10.3. The minimum atomic E-state index is -0.230. The smallest absolute Gasteiger partial charge is 0.250 e. The molecule has 0 aliphatic carbocycles. The van der Waals surface area contributed by atoms with Gasteiger partial charge in [-0.15, -0.1) is 10.2 Å². The monoisotopic (exact) mass is 285 g/mol. The van der Waals surface area contributed by atoms with Gasteiger partial charge in [-0.3, -0.25) is 0 Å². The maximum Gasteiger partial charge on any atom is 0.250 e. The summed E-state index contributed by atoms with van der Waals surface area (Å²) in [6.07, 6.45) is 5.24. The molecule has 0 unspecified atom stereocenters. The first-order valence-electron chi connectivity index (χ1n) is 6.38. The van der Waals surface area contributed by atoms with Crippen LogP contribution in [0.1, 0.15) is 5.56 Å². The molecule has 0 radical (unpaired) electrons. The Morgan fingerprint density at radius 2 is 1.86 bits per heavy atom. The molecule has 3 rings (SSSR count). The fraction of sp³-hybridized carbons (Fsp3) is 0.143. The Bertz CT molecular complexity index is 682. The minimum Gasteiger partial charge on any atom is -0.423 e. The third kappa shape index (κ3) is 3.38. The Balaban J connectivity index is 1.55. The van der Waals surface area contributed by atoms with Gasteiger partial charge in [0.1, 0.15) is 5.82 Å². The second-order valence-corrected chi connectivity index (χ2v) is 4.34. The highest BCUT2D eigenvalue weighted by atomic mass is 19.1.